The Bertz CT molecular complexity index is 262. The third kappa shape index (κ3) is 2.55. The van der Waals surface area contributed by atoms with Gasteiger partial charge in [-0.05, 0) is 24.6 Å². The van der Waals surface area contributed by atoms with E-state index >= 15 is 0 Å². The molecule has 3 nitrogen and oxygen atoms in total. The van der Waals surface area contributed by atoms with Crippen molar-refractivity contribution in [2.45, 2.75) is 6.92 Å². The molecule has 0 saturated heterocycles. The Morgan fingerprint density at radius 1 is 1.64 bits per heavy atom. The summed E-state index contributed by atoms with van der Waals surface area (Å²) in [5.41, 5.74) is 1.01. The number of aryl methyl sites for hydroxylation is 1. The van der Waals surface area contributed by atoms with E-state index in [1.807, 2.05) is 6.92 Å². The smallest absolute Gasteiger partial charge is 0.354 e. The molecule has 0 aliphatic carbocycles. The first-order chi connectivity index (χ1) is 4.70. The summed E-state index contributed by atoms with van der Waals surface area (Å²) in [6.07, 6.45) is 1.48. The molecule has 0 aliphatic rings. The van der Waals surface area contributed by atoms with Gasteiger partial charge in [-0.3, -0.25) is 0 Å². The number of aromatic nitrogens is 1. The highest BCUT2D eigenvalue weighted by Crippen LogP contribution is 1.98. The Kier molecular flexibility index (Phi) is 3.54. The molecule has 1 aromatic heterocycles. The van der Waals surface area contributed by atoms with Crippen molar-refractivity contribution < 1.29 is 9.90 Å². The molecule has 1 aromatic rings. The second-order valence-electron chi connectivity index (χ2n) is 2.02. The molecule has 60 valence electrons. The molecule has 1 N–H and O–H groups in total. The number of rotatable bonds is 1. The summed E-state index contributed by atoms with van der Waals surface area (Å²) < 4.78 is 0. The predicted molar refractivity (Wildman–Crippen MR) is 43.2 cm³/mol. The second kappa shape index (κ2) is 3.93. The summed E-state index contributed by atoms with van der Waals surface area (Å²) in [4.78, 5) is 13.9. The van der Waals surface area contributed by atoms with E-state index in [1.165, 1.54) is 12.3 Å². The fourth-order valence-corrected chi connectivity index (χ4v) is 0.653. The van der Waals surface area contributed by atoms with E-state index in [2.05, 4.69) is 4.98 Å². The molecular formula is C7H8ClNO2. The third-order valence-corrected chi connectivity index (χ3v) is 1.13. The topological polar surface area (TPSA) is 50.2 Å². The zero-order valence-electron chi connectivity index (χ0n) is 5.94. The van der Waals surface area contributed by atoms with E-state index in [0.717, 1.165) is 5.56 Å². The zero-order chi connectivity index (χ0) is 7.56. The molecule has 0 unspecified atom stereocenters. The van der Waals surface area contributed by atoms with Gasteiger partial charge in [0, 0.05) is 6.20 Å². The Hall–Kier alpha value is -1.09. The lowest BCUT2D eigenvalue weighted by Crippen LogP contribution is -1.99. The lowest BCUT2D eigenvalue weighted by atomic mass is 10.2. The third-order valence-electron chi connectivity index (χ3n) is 1.13. The SMILES string of the molecule is Cc1ccnc(C(=O)O)c1.Cl. The lowest BCUT2D eigenvalue weighted by molar-refractivity contribution is 0.0690. The standard InChI is InChI=1S/C7H7NO2.ClH/c1-5-2-3-8-6(4-5)7(9)10;/h2-4H,1H3,(H,9,10);1H. The molecule has 0 atom stereocenters. The highest BCUT2D eigenvalue weighted by atomic mass is 35.5. The highest BCUT2D eigenvalue weighted by Gasteiger charge is 2.01. The van der Waals surface area contributed by atoms with Crippen molar-refractivity contribution in [3.05, 3.63) is 29.6 Å². The van der Waals surface area contributed by atoms with Crippen LogP contribution in [0.1, 0.15) is 16.1 Å². The van der Waals surface area contributed by atoms with Crippen molar-refractivity contribution in [2.24, 2.45) is 0 Å². The van der Waals surface area contributed by atoms with Crippen LogP contribution in [0.25, 0.3) is 0 Å². The van der Waals surface area contributed by atoms with E-state index in [0.29, 0.717) is 0 Å². The van der Waals surface area contributed by atoms with Crippen LogP contribution in [0.5, 0.6) is 0 Å². The largest absolute Gasteiger partial charge is 0.477 e. The van der Waals surface area contributed by atoms with E-state index in [4.69, 9.17) is 5.11 Å². The van der Waals surface area contributed by atoms with Crippen molar-refractivity contribution in [1.82, 2.24) is 4.98 Å². The number of aromatic carboxylic acids is 1. The van der Waals surface area contributed by atoms with E-state index < -0.39 is 5.97 Å². The first-order valence-electron chi connectivity index (χ1n) is 2.86. The molecule has 0 amide bonds. The number of hydrogen-bond acceptors (Lipinski definition) is 2. The molecule has 0 spiro atoms. The van der Waals surface area contributed by atoms with Crippen LogP contribution in [-0.2, 0) is 0 Å². The van der Waals surface area contributed by atoms with Crippen LogP contribution in [0.3, 0.4) is 0 Å². The Morgan fingerprint density at radius 2 is 2.27 bits per heavy atom. The molecule has 0 radical (unpaired) electrons. The summed E-state index contributed by atoms with van der Waals surface area (Å²) in [7, 11) is 0. The fourth-order valence-electron chi connectivity index (χ4n) is 0.653. The summed E-state index contributed by atoms with van der Waals surface area (Å²) >= 11 is 0. The Morgan fingerprint density at radius 3 is 2.64 bits per heavy atom. The first kappa shape index (κ1) is 9.91. The average molecular weight is 174 g/mol. The van der Waals surface area contributed by atoms with Gasteiger partial charge in [0.2, 0.25) is 0 Å². The molecule has 0 bridgehead atoms. The molecule has 0 aliphatic heterocycles. The minimum absolute atomic E-state index is 0. The van der Waals surface area contributed by atoms with Gasteiger partial charge in [-0.2, -0.15) is 0 Å². The summed E-state index contributed by atoms with van der Waals surface area (Å²) in [6.45, 7) is 1.83. The summed E-state index contributed by atoms with van der Waals surface area (Å²) in [5.74, 6) is -0.983. The Balaban J connectivity index is 0.000001000. The van der Waals surface area contributed by atoms with Crippen molar-refractivity contribution >= 4 is 18.4 Å². The quantitative estimate of drug-likeness (QED) is 0.701. The number of carboxylic acids is 1. The maximum absolute atomic E-state index is 10.3. The van der Waals surface area contributed by atoms with Crippen LogP contribution >= 0.6 is 12.4 Å². The monoisotopic (exact) mass is 173 g/mol. The number of halogens is 1. The Labute approximate surface area is 70.5 Å². The fraction of sp³-hybridized carbons (Fsp3) is 0.143. The maximum atomic E-state index is 10.3. The molecule has 0 fully saturated rings. The normalized spacial score (nSPS) is 8.45. The molecular weight excluding hydrogens is 166 g/mol. The van der Waals surface area contributed by atoms with E-state index in [1.54, 1.807) is 6.07 Å². The van der Waals surface area contributed by atoms with Gasteiger partial charge in [0.25, 0.3) is 0 Å². The maximum Gasteiger partial charge on any atom is 0.354 e. The van der Waals surface area contributed by atoms with Gasteiger partial charge < -0.3 is 5.11 Å². The summed E-state index contributed by atoms with van der Waals surface area (Å²) in [6, 6.07) is 3.29. The van der Waals surface area contributed by atoms with Crippen molar-refractivity contribution in [2.75, 3.05) is 0 Å². The van der Waals surface area contributed by atoms with Gasteiger partial charge in [-0.15, -0.1) is 12.4 Å². The molecule has 1 heterocycles. The van der Waals surface area contributed by atoms with Crippen molar-refractivity contribution in [3.8, 4) is 0 Å². The average Bonchev–Trinajstić information content (AvgIpc) is 1.88. The van der Waals surface area contributed by atoms with Crippen molar-refractivity contribution in [3.63, 3.8) is 0 Å². The van der Waals surface area contributed by atoms with Gasteiger partial charge in [0.1, 0.15) is 5.69 Å². The lowest BCUT2D eigenvalue weighted by Gasteiger charge is -1.92. The second-order valence-corrected chi connectivity index (χ2v) is 2.02. The van der Waals surface area contributed by atoms with Gasteiger partial charge >= 0.3 is 5.97 Å². The zero-order valence-corrected chi connectivity index (χ0v) is 6.76. The first-order valence-corrected chi connectivity index (χ1v) is 2.86. The number of hydrogen-bond donors (Lipinski definition) is 1. The predicted octanol–water partition coefficient (Wildman–Crippen LogP) is 1.51. The molecule has 11 heavy (non-hydrogen) atoms. The van der Waals surface area contributed by atoms with Crippen LogP contribution in [0, 0.1) is 6.92 Å². The van der Waals surface area contributed by atoms with Gasteiger partial charge in [-0.25, -0.2) is 9.78 Å². The number of nitrogens with zero attached hydrogens (tertiary/aromatic N) is 1. The van der Waals surface area contributed by atoms with Crippen LogP contribution < -0.4 is 0 Å². The van der Waals surface area contributed by atoms with Crippen LogP contribution in [0.2, 0.25) is 0 Å². The molecule has 4 heteroatoms. The number of carbonyl (C=O) groups is 1. The van der Waals surface area contributed by atoms with Crippen LogP contribution in [0.15, 0.2) is 18.3 Å². The van der Waals surface area contributed by atoms with E-state index in [9.17, 15) is 4.79 Å². The van der Waals surface area contributed by atoms with Crippen molar-refractivity contribution in [1.29, 1.82) is 0 Å². The molecule has 1 rings (SSSR count). The minimum atomic E-state index is -0.983. The van der Waals surface area contributed by atoms with Gasteiger partial charge in [0.05, 0.1) is 0 Å². The highest BCUT2D eigenvalue weighted by molar-refractivity contribution is 5.85. The summed E-state index contributed by atoms with van der Waals surface area (Å²) in [5, 5.41) is 8.45. The molecule has 0 saturated carbocycles. The minimum Gasteiger partial charge on any atom is -0.477 e. The van der Waals surface area contributed by atoms with Gasteiger partial charge in [0.15, 0.2) is 0 Å². The molecule has 0 aromatic carbocycles. The van der Waals surface area contributed by atoms with Gasteiger partial charge in [-0.1, -0.05) is 0 Å². The number of pyridine rings is 1. The number of carboxylic acid groups (broad SMARTS) is 1. The van der Waals surface area contributed by atoms with Crippen LogP contribution in [-0.4, -0.2) is 16.1 Å². The van der Waals surface area contributed by atoms with Crippen LogP contribution in [0.4, 0.5) is 0 Å². The van der Waals surface area contributed by atoms with E-state index in [-0.39, 0.29) is 18.1 Å².